The summed E-state index contributed by atoms with van der Waals surface area (Å²) in [4.78, 5) is 16.9. The normalized spacial score (nSPS) is 25.2. The fourth-order valence-electron chi connectivity index (χ4n) is 6.18. The van der Waals surface area contributed by atoms with E-state index >= 15 is 0 Å². The van der Waals surface area contributed by atoms with Crippen LogP contribution in [0.15, 0.2) is 71.9 Å². The molecule has 0 radical (unpaired) electrons. The van der Waals surface area contributed by atoms with Gasteiger partial charge in [-0.3, -0.25) is 14.1 Å². The lowest BCUT2D eigenvalue weighted by molar-refractivity contribution is 0.0871. The van der Waals surface area contributed by atoms with Crippen LogP contribution >= 0.6 is 0 Å². The highest BCUT2D eigenvalue weighted by molar-refractivity contribution is 7.92. The third kappa shape index (κ3) is 4.10. The number of hydrogen-bond donors (Lipinski definition) is 2. The minimum atomic E-state index is -3.98. The maximum absolute atomic E-state index is 14.1. The summed E-state index contributed by atoms with van der Waals surface area (Å²) in [6, 6.07) is 13.4. The van der Waals surface area contributed by atoms with Crippen LogP contribution in [0.1, 0.15) is 54.4 Å². The number of nitrogens with zero attached hydrogens (tertiary/aromatic N) is 2. The lowest BCUT2D eigenvalue weighted by atomic mass is 9.65. The molecule has 2 aromatic carbocycles. The van der Waals surface area contributed by atoms with Crippen molar-refractivity contribution in [2.75, 3.05) is 9.62 Å². The van der Waals surface area contributed by atoms with Gasteiger partial charge in [-0.25, -0.2) is 12.8 Å². The highest BCUT2D eigenvalue weighted by Crippen LogP contribution is 2.60. The highest BCUT2D eigenvalue weighted by atomic mass is 32.2. The van der Waals surface area contributed by atoms with Crippen molar-refractivity contribution in [1.82, 2.24) is 4.98 Å². The van der Waals surface area contributed by atoms with Crippen LogP contribution in [-0.2, 0) is 15.4 Å². The maximum atomic E-state index is 14.1. The highest BCUT2D eigenvalue weighted by Gasteiger charge is 2.60. The summed E-state index contributed by atoms with van der Waals surface area (Å²) in [6.07, 6.45) is 7.01. The molecule has 1 spiro atoms. The Kier molecular flexibility index (Phi) is 5.80. The third-order valence-electron chi connectivity index (χ3n) is 8.06. The Bertz CT molecular complexity index is 1430. The second-order valence-electron chi connectivity index (χ2n) is 10.4. The van der Waals surface area contributed by atoms with Crippen molar-refractivity contribution in [2.24, 2.45) is 5.92 Å². The van der Waals surface area contributed by atoms with E-state index < -0.39 is 27.4 Å². The van der Waals surface area contributed by atoms with Crippen molar-refractivity contribution in [3.05, 3.63) is 83.9 Å². The molecule has 1 unspecified atom stereocenters. The molecule has 2 fully saturated rings. The minimum Gasteiger partial charge on any atom is -0.393 e. The first-order chi connectivity index (χ1) is 17.8. The minimum absolute atomic E-state index is 0.0485. The number of carbonyl (C=O) groups excluding carboxylic acids is 1. The molecule has 1 atom stereocenters. The number of fused-ring (bicyclic) bond motifs is 2. The molecule has 6 rings (SSSR count). The third-order valence-corrected chi connectivity index (χ3v) is 9.87. The maximum Gasteiger partial charge on any atom is 0.264 e. The molecule has 1 aliphatic heterocycles. The van der Waals surface area contributed by atoms with E-state index in [1.165, 1.54) is 30.5 Å². The van der Waals surface area contributed by atoms with E-state index in [4.69, 9.17) is 0 Å². The summed E-state index contributed by atoms with van der Waals surface area (Å²) in [7, 11) is -3.98. The lowest BCUT2D eigenvalue weighted by Gasteiger charge is -2.43. The second kappa shape index (κ2) is 8.92. The van der Waals surface area contributed by atoms with Crippen LogP contribution in [0.2, 0.25) is 0 Å². The number of aromatic nitrogens is 1. The Balaban J connectivity index is 1.46. The number of anilines is 2. The number of nitrogens with one attached hydrogen (secondary N) is 1. The van der Waals surface area contributed by atoms with E-state index in [1.807, 2.05) is 6.07 Å². The smallest absolute Gasteiger partial charge is 0.264 e. The van der Waals surface area contributed by atoms with Crippen LogP contribution in [0, 0.1) is 11.7 Å². The number of aliphatic hydroxyl groups is 1. The molecule has 37 heavy (non-hydrogen) atoms. The van der Waals surface area contributed by atoms with E-state index in [0.717, 1.165) is 18.4 Å². The van der Waals surface area contributed by atoms with Crippen molar-refractivity contribution >= 4 is 27.3 Å². The molecule has 1 amide bonds. The van der Waals surface area contributed by atoms with E-state index in [0.29, 0.717) is 42.6 Å². The average Bonchev–Trinajstić information content (AvgIpc) is 3.70. The fourth-order valence-corrected chi connectivity index (χ4v) is 7.97. The summed E-state index contributed by atoms with van der Waals surface area (Å²) in [5.74, 6) is -0.591. The zero-order valence-electron chi connectivity index (χ0n) is 20.2. The number of pyridine rings is 1. The van der Waals surface area contributed by atoms with Gasteiger partial charge in [-0.2, -0.15) is 0 Å². The number of benzene rings is 2. The molecule has 3 aliphatic rings. The quantitative estimate of drug-likeness (QED) is 0.510. The number of amides is 1. The molecule has 1 aromatic heterocycles. The SMILES string of the molecule is O=C(Nc1ccc2c(c1)C1(CCC(O)CC1)C(C1CC1)N2S(=O)(=O)c1ccc(F)cc1)c1cccnc1. The summed E-state index contributed by atoms with van der Waals surface area (Å²) in [6.45, 7) is 0. The zero-order chi connectivity index (χ0) is 25.8. The number of rotatable bonds is 5. The van der Waals surface area contributed by atoms with Crippen LogP contribution in [-0.4, -0.2) is 36.6 Å². The Hall–Kier alpha value is -3.30. The van der Waals surface area contributed by atoms with Gasteiger partial charge in [0.05, 0.1) is 28.3 Å². The number of hydrogen-bond acceptors (Lipinski definition) is 5. The lowest BCUT2D eigenvalue weighted by Crippen LogP contribution is -2.50. The van der Waals surface area contributed by atoms with E-state index in [-0.39, 0.29) is 22.8 Å². The number of halogens is 1. The summed E-state index contributed by atoms with van der Waals surface area (Å²) >= 11 is 0. The van der Waals surface area contributed by atoms with Gasteiger partial charge in [-0.05, 0) is 105 Å². The number of carbonyl (C=O) groups is 1. The Morgan fingerprint density at radius 2 is 1.78 bits per heavy atom. The summed E-state index contributed by atoms with van der Waals surface area (Å²) in [5.41, 5.74) is 2.00. The van der Waals surface area contributed by atoms with E-state index in [1.54, 1.807) is 34.8 Å². The van der Waals surface area contributed by atoms with Gasteiger partial charge in [0, 0.05) is 23.5 Å². The standard InChI is InChI=1S/C28H28FN3O4S/c29-20-5-8-23(9-6-20)37(35,36)32-25-10-7-21(31-27(34)19-2-1-15-30-17-19)16-24(25)28(26(32)18-3-4-18)13-11-22(33)12-14-28/h1-2,5-10,15-18,22,26,33H,3-4,11-14H2,(H,31,34). The molecule has 192 valence electrons. The van der Waals surface area contributed by atoms with Gasteiger partial charge in [0.2, 0.25) is 0 Å². The fraction of sp³-hybridized carbons (Fsp3) is 0.357. The molecule has 0 saturated heterocycles. The van der Waals surface area contributed by atoms with Crippen LogP contribution in [0.5, 0.6) is 0 Å². The first-order valence-electron chi connectivity index (χ1n) is 12.6. The van der Waals surface area contributed by atoms with Gasteiger partial charge >= 0.3 is 0 Å². The molecule has 2 saturated carbocycles. The summed E-state index contributed by atoms with van der Waals surface area (Å²) < 4.78 is 43.3. The molecule has 2 heterocycles. The molecule has 2 N–H and O–H groups in total. The molecule has 7 nitrogen and oxygen atoms in total. The van der Waals surface area contributed by atoms with Crippen LogP contribution in [0.4, 0.5) is 15.8 Å². The van der Waals surface area contributed by atoms with Crippen molar-refractivity contribution in [2.45, 2.75) is 61.0 Å². The summed E-state index contributed by atoms with van der Waals surface area (Å²) in [5, 5.41) is 13.3. The van der Waals surface area contributed by atoms with Gasteiger partial charge in [0.1, 0.15) is 5.82 Å². The van der Waals surface area contributed by atoms with Gasteiger partial charge in [-0.15, -0.1) is 0 Å². The molecule has 3 aromatic rings. The number of aliphatic hydroxyl groups excluding tert-OH is 1. The van der Waals surface area contributed by atoms with Crippen molar-refractivity contribution in [1.29, 1.82) is 0 Å². The van der Waals surface area contributed by atoms with Crippen LogP contribution in [0.25, 0.3) is 0 Å². The van der Waals surface area contributed by atoms with E-state index in [2.05, 4.69) is 10.3 Å². The van der Waals surface area contributed by atoms with Crippen molar-refractivity contribution in [3.63, 3.8) is 0 Å². The Labute approximate surface area is 215 Å². The van der Waals surface area contributed by atoms with Gasteiger partial charge in [0.15, 0.2) is 0 Å². The molecule has 2 aliphatic carbocycles. The van der Waals surface area contributed by atoms with Crippen molar-refractivity contribution in [3.8, 4) is 0 Å². The first-order valence-corrected chi connectivity index (χ1v) is 14.1. The molecule has 0 bridgehead atoms. The van der Waals surface area contributed by atoms with Gasteiger partial charge < -0.3 is 10.4 Å². The van der Waals surface area contributed by atoms with Crippen LogP contribution in [0.3, 0.4) is 0 Å². The monoisotopic (exact) mass is 521 g/mol. The molecule has 9 heteroatoms. The molecular weight excluding hydrogens is 493 g/mol. The largest absolute Gasteiger partial charge is 0.393 e. The predicted molar refractivity (Wildman–Crippen MR) is 137 cm³/mol. The predicted octanol–water partition coefficient (Wildman–Crippen LogP) is 4.63. The first kappa shape index (κ1) is 24.1. The van der Waals surface area contributed by atoms with Crippen molar-refractivity contribution < 1.29 is 22.7 Å². The Morgan fingerprint density at radius 3 is 2.43 bits per heavy atom. The Morgan fingerprint density at radius 1 is 1.05 bits per heavy atom. The second-order valence-corrected chi connectivity index (χ2v) is 12.2. The van der Waals surface area contributed by atoms with Gasteiger partial charge in [-0.1, -0.05) is 0 Å². The zero-order valence-corrected chi connectivity index (χ0v) is 21.0. The van der Waals surface area contributed by atoms with Crippen LogP contribution < -0.4 is 9.62 Å². The van der Waals surface area contributed by atoms with E-state index in [9.17, 15) is 22.7 Å². The topological polar surface area (TPSA) is 99.6 Å². The van der Waals surface area contributed by atoms with Gasteiger partial charge in [0.25, 0.3) is 15.9 Å². The molecular formula is C28H28FN3O4S. The average molecular weight is 522 g/mol. The number of sulfonamides is 1.